The molecular formula is C32H34N2O4. The molecule has 0 fully saturated rings. The number of hydrogen-bond donors (Lipinski definition) is 3. The van der Waals surface area contributed by atoms with Crippen LogP contribution in [0.3, 0.4) is 0 Å². The highest BCUT2D eigenvalue weighted by molar-refractivity contribution is 6.04. The fraction of sp³-hybridized carbons (Fsp3) is 0.219. The van der Waals surface area contributed by atoms with Gasteiger partial charge in [0.1, 0.15) is 18.5 Å². The van der Waals surface area contributed by atoms with E-state index in [1.165, 1.54) is 0 Å². The van der Waals surface area contributed by atoms with Crippen LogP contribution in [0.5, 0.6) is 5.75 Å². The number of aliphatic hydroxyl groups is 2. The van der Waals surface area contributed by atoms with Crippen LogP contribution in [0.25, 0.3) is 0 Å². The Labute approximate surface area is 224 Å². The molecule has 0 aliphatic carbocycles. The largest absolute Gasteiger partial charge is 0.491 e. The average molecular weight is 511 g/mol. The number of anilines is 1. The molecule has 0 aliphatic heterocycles. The van der Waals surface area contributed by atoms with Gasteiger partial charge in [-0.15, -0.1) is 0 Å². The number of benzene rings is 4. The lowest BCUT2D eigenvalue weighted by atomic mass is 10.0. The van der Waals surface area contributed by atoms with Crippen molar-refractivity contribution in [2.75, 3.05) is 25.1 Å². The molecule has 0 aliphatic rings. The first-order valence-electron chi connectivity index (χ1n) is 12.8. The van der Waals surface area contributed by atoms with Gasteiger partial charge in [-0.25, -0.2) is 0 Å². The number of nitrogens with one attached hydrogen (secondary N) is 1. The summed E-state index contributed by atoms with van der Waals surface area (Å²) in [5, 5.41) is 24.1. The van der Waals surface area contributed by atoms with Gasteiger partial charge >= 0.3 is 0 Å². The fourth-order valence-corrected chi connectivity index (χ4v) is 4.29. The van der Waals surface area contributed by atoms with E-state index in [9.17, 15) is 15.0 Å². The fourth-order valence-electron chi connectivity index (χ4n) is 4.29. The van der Waals surface area contributed by atoms with E-state index in [2.05, 4.69) is 10.2 Å². The number of rotatable bonds is 13. The summed E-state index contributed by atoms with van der Waals surface area (Å²) < 4.78 is 5.75. The maximum absolute atomic E-state index is 12.4. The van der Waals surface area contributed by atoms with Crippen molar-refractivity contribution in [2.24, 2.45) is 0 Å². The van der Waals surface area contributed by atoms with Crippen LogP contribution in [-0.2, 0) is 13.0 Å². The van der Waals surface area contributed by atoms with E-state index in [0.29, 0.717) is 36.5 Å². The zero-order chi connectivity index (χ0) is 26.6. The van der Waals surface area contributed by atoms with Gasteiger partial charge in [-0.2, -0.15) is 0 Å². The molecule has 0 heterocycles. The number of ether oxygens (including phenoxy) is 1. The number of para-hydroxylation sites is 1. The van der Waals surface area contributed by atoms with Gasteiger partial charge in [0.05, 0.1) is 6.61 Å². The molecule has 2 unspecified atom stereocenters. The molecule has 0 bridgehead atoms. The van der Waals surface area contributed by atoms with Crippen molar-refractivity contribution >= 4 is 11.6 Å². The number of hydrogen-bond acceptors (Lipinski definition) is 5. The summed E-state index contributed by atoms with van der Waals surface area (Å²) in [7, 11) is 0. The molecule has 2 atom stereocenters. The molecule has 3 N–H and O–H groups in total. The smallest absolute Gasteiger partial charge is 0.255 e. The monoisotopic (exact) mass is 510 g/mol. The van der Waals surface area contributed by atoms with Crippen LogP contribution in [0, 0.1) is 0 Å². The van der Waals surface area contributed by atoms with Gasteiger partial charge in [0.15, 0.2) is 0 Å². The van der Waals surface area contributed by atoms with E-state index in [4.69, 9.17) is 4.74 Å². The van der Waals surface area contributed by atoms with Gasteiger partial charge in [-0.3, -0.25) is 9.69 Å². The zero-order valence-electron chi connectivity index (χ0n) is 21.3. The normalized spacial score (nSPS) is 12.6. The van der Waals surface area contributed by atoms with E-state index >= 15 is 0 Å². The first kappa shape index (κ1) is 27.1. The lowest BCUT2D eigenvalue weighted by Gasteiger charge is -2.32. The maximum atomic E-state index is 12.4. The van der Waals surface area contributed by atoms with Crippen molar-refractivity contribution in [3.63, 3.8) is 0 Å². The first-order chi connectivity index (χ1) is 18.6. The van der Waals surface area contributed by atoms with E-state index in [1.807, 2.05) is 103 Å². The molecule has 4 aromatic carbocycles. The third kappa shape index (κ3) is 8.28. The second-order valence-corrected chi connectivity index (χ2v) is 9.25. The van der Waals surface area contributed by atoms with Crippen LogP contribution >= 0.6 is 0 Å². The quantitative estimate of drug-likeness (QED) is 0.241. The first-order valence-corrected chi connectivity index (χ1v) is 12.8. The lowest BCUT2D eigenvalue weighted by Crippen LogP contribution is -2.44. The summed E-state index contributed by atoms with van der Waals surface area (Å²) in [5.41, 5.74) is 3.43. The van der Waals surface area contributed by atoms with E-state index in [1.54, 1.807) is 12.1 Å². The van der Waals surface area contributed by atoms with Gasteiger partial charge < -0.3 is 20.3 Å². The van der Waals surface area contributed by atoms with Crippen molar-refractivity contribution in [2.45, 2.75) is 25.1 Å². The topological polar surface area (TPSA) is 82.0 Å². The van der Waals surface area contributed by atoms with E-state index in [0.717, 1.165) is 11.1 Å². The average Bonchev–Trinajstić information content (AvgIpc) is 2.97. The molecule has 0 aromatic heterocycles. The summed E-state index contributed by atoms with van der Waals surface area (Å²) in [6, 6.07) is 36.0. The Morgan fingerprint density at radius 3 is 2.03 bits per heavy atom. The van der Waals surface area contributed by atoms with Crippen molar-refractivity contribution in [1.29, 1.82) is 0 Å². The second kappa shape index (κ2) is 14.1. The van der Waals surface area contributed by atoms with Crippen LogP contribution in [0.1, 0.15) is 21.5 Å². The SMILES string of the molecule is O=C(Nc1ccc(CC(CO)N(Cc2ccccc2)CC(O)COc2ccccc2)cc1)c1ccccc1. The minimum atomic E-state index is -0.733. The third-order valence-electron chi connectivity index (χ3n) is 6.31. The Kier molecular flexibility index (Phi) is 10.0. The van der Waals surface area contributed by atoms with Crippen LogP contribution in [0.15, 0.2) is 115 Å². The Hall–Kier alpha value is -3.97. The highest BCUT2D eigenvalue weighted by Gasteiger charge is 2.22. The van der Waals surface area contributed by atoms with E-state index < -0.39 is 6.10 Å². The van der Waals surface area contributed by atoms with Crippen molar-refractivity contribution < 1.29 is 19.7 Å². The van der Waals surface area contributed by atoms with Gasteiger partial charge in [-0.05, 0) is 53.9 Å². The zero-order valence-corrected chi connectivity index (χ0v) is 21.3. The number of nitrogens with zero attached hydrogens (tertiary/aromatic N) is 1. The van der Waals surface area contributed by atoms with Gasteiger partial charge in [0, 0.05) is 30.4 Å². The standard InChI is InChI=1S/C32H34N2O4/c35-23-29(20-25-16-18-28(19-17-25)33-32(37)27-12-6-2-7-13-27)34(21-26-10-4-1-5-11-26)22-30(36)24-38-31-14-8-3-9-15-31/h1-19,29-30,35-36H,20-24H2,(H,33,37). The van der Waals surface area contributed by atoms with Crippen molar-refractivity contribution in [1.82, 2.24) is 4.90 Å². The number of aliphatic hydroxyl groups excluding tert-OH is 2. The predicted octanol–water partition coefficient (Wildman–Crippen LogP) is 4.78. The van der Waals surface area contributed by atoms with Crippen LogP contribution < -0.4 is 10.1 Å². The molecule has 196 valence electrons. The Balaban J connectivity index is 1.40. The van der Waals surface area contributed by atoms with E-state index in [-0.39, 0.29) is 25.2 Å². The predicted molar refractivity (Wildman–Crippen MR) is 150 cm³/mol. The summed E-state index contributed by atoms with van der Waals surface area (Å²) in [6.45, 7) is 1.02. The summed E-state index contributed by atoms with van der Waals surface area (Å²) in [6.07, 6.45) is -0.147. The third-order valence-corrected chi connectivity index (χ3v) is 6.31. The molecule has 0 saturated heterocycles. The molecule has 6 heteroatoms. The Bertz CT molecular complexity index is 1230. The molecule has 6 nitrogen and oxygen atoms in total. The number of carbonyl (C=O) groups is 1. The summed E-state index contributed by atoms with van der Waals surface area (Å²) >= 11 is 0. The Morgan fingerprint density at radius 1 is 0.789 bits per heavy atom. The molecule has 0 radical (unpaired) electrons. The minimum absolute atomic E-state index is 0.0639. The summed E-state index contributed by atoms with van der Waals surface area (Å²) in [5.74, 6) is 0.548. The van der Waals surface area contributed by atoms with Crippen LogP contribution in [0.2, 0.25) is 0 Å². The van der Waals surface area contributed by atoms with Gasteiger partial charge in [-0.1, -0.05) is 78.9 Å². The molecule has 0 spiro atoms. The van der Waals surface area contributed by atoms with Gasteiger partial charge in [0.2, 0.25) is 0 Å². The van der Waals surface area contributed by atoms with Crippen molar-refractivity contribution in [3.8, 4) is 5.75 Å². The molecule has 0 saturated carbocycles. The minimum Gasteiger partial charge on any atom is -0.491 e. The Morgan fingerprint density at radius 2 is 1.39 bits per heavy atom. The molecule has 4 aromatic rings. The number of carbonyl (C=O) groups excluding carboxylic acids is 1. The molecule has 38 heavy (non-hydrogen) atoms. The highest BCUT2D eigenvalue weighted by atomic mass is 16.5. The maximum Gasteiger partial charge on any atom is 0.255 e. The second-order valence-electron chi connectivity index (χ2n) is 9.25. The molecular weight excluding hydrogens is 476 g/mol. The number of amides is 1. The highest BCUT2D eigenvalue weighted by Crippen LogP contribution is 2.18. The van der Waals surface area contributed by atoms with Crippen molar-refractivity contribution in [3.05, 3.63) is 132 Å². The van der Waals surface area contributed by atoms with Gasteiger partial charge in [0.25, 0.3) is 5.91 Å². The summed E-state index contributed by atoms with van der Waals surface area (Å²) in [4.78, 5) is 14.5. The lowest BCUT2D eigenvalue weighted by molar-refractivity contribution is 0.0335. The van der Waals surface area contributed by atoms with Crippen LogP contribution in [0.4, 0.5) is 5.69 Å². The molecule has 4 rings (SSSR count). The van der Waals surface area contributed by atoms with Crippen LogP contribution in [-0.4, -0.2) is 52.9 Å². The molecule has 1 amide bonds.